The van der Waals surface area contributed by atoms with E-state index >= 15 is 0 Å². The van der Waals surface area contributed by atoms with E-state index in [4.69, 9.17) is 4.74 Å². The van der Waals surface area contributed by atoms with E-state index in [0.717, 1.165) is 17.1 Å². The summed E-state index contributed by atoms with van der Waals surface area (Å²) in [5.41, 5.74) is 2.23. The second-order valence-electron chi connectivity index (χ2n) is 4.55. The fraction of sp³-hybridized carbons (Fsp3) is 0.0625. The SMILES string of the molecule is COc1ccc(-n2cncc2-c2ccc(O)cc2O)cc1. The highest BCUT2D eigenvalue weighted by atomic mass is 16.5. The molecule has 0 saturated carbocycles. The summed E-state index contributed by atoms with van der Waals surface area (Å²) in [6.45, 7) is 0. The monoisotopic (exact) mass is 282 g/mol. The van der Waals surface area contributed by atoms with Crippen molar-refractivity contribution in [1.29, 1.82) is 0 Å². The molecule has 0 saturated heterocycles. The van der Waals surface area contributed by atoms with Crippen molar-refractivity contribution < 1.29 is 14.9 Å². The van der Waals surface area contributed by atoms with Gasteiger partial charge in [-0.1, -0.05) is 0 Å². The van der Waals surface area contributed by atoms with Gasteiger partial charge in [-0.25, -0.2) is 4.98 Å². The summed E-state index contributed by atoms with van der Waals surface area (Å²) in [5, 5.41) is 19.4. The molecule has 0 aliphatic heterocycles. The van der Waals surface area contributed by atoms with Gasteiger partial charge in [-0.2, -0.15) is 0 Å². The average molecular weight is 282 g/mol. The maximum Gasteiger partial charge on any atom is 0.128 e. The average Bonchev–Trinajstić information content (AvgIpc) is 2.96. The molecule has 0 atom stereocenters. The molecule has 0 aliphatic rings. The molecular formula is C16H14N2O3. The molecule has 5 heteroatoms. The summed E-state index contributed by atoms with van der Waals surface area (Å²) >= 11 is 0. The zero-order valence-corrected chi connectivity index (χ0v) is 11.4. The lowest BCUT2D eigenvalue weighted by atomic mass is 10.1. The molecule has 3 rings (SSSR count). The number of methoxy groups -OCH3 is 1. The van der Waals surface area contributed by atoms with E-state index in [1.807, 2.05) is 28.8 Å². The van der Waals surface area contributed by atoms with E-state index in [0.29, 0.717) is 5.56 Å². The summed E-state index contributed by atoms with van der Waals surface area (Å²) in [5.74, 6) is 0.796. The van der Waals surface area contributed by atoms with Crippen LogP contribution in [0, 0.1) is 0 Å². The molecule has 2 aromatic carbocycles. The summed E-state index contributed by atoms with van der Waals surface area (Å²) in [6.07, 6.45) is 3.33. The van der Waals surface area contributed by atoms with Crippen molar-refractivity contribution >= 4 is 0 Å². The number of hydrogen-bond donors (Lipinski definition) is 2. The minimum Gasteiger partial charge on any atom is -0.508 e. The first-order chi connectivity index (χ1) is 10.2. The van der Waals surface area contributed by atoms with Crippen LogP contribution in [0.25, 0.3) is 16.9 Å². The second kappa shape index (κ2) is 5.20. The Hall–Kier alpha value is -2.95. The van der Waals surface area contributed by atoms with Crippen molar-refractivity contribution in [1.82, 2.24) is 9.55 Å². The van der Waals surface area contributed by atoms with Crippen LogP contribution in [0.1, 0.15) is 0 Å². The van der Waals surface area contributed by atoms with Crippen LogP contribution in [0.4, 0.5) is 0 Å². The van der Waals surface area contributed by atoms with Crippen LogP contribution < -0.4 is 4.74 Å². The molecule has 2 N–H and O–H groups in total. The third kappa shape index (κ3) is 2.41. The zero-order valence-electron chi connectivity index (χ0n) is 11.4. The largest absolute Gasteiger partial charge is 0.508 e. The molecule has 0 spiro atoms. The molecule has 5 nitrogen and oxygen atoms in total. The summed E-state index contributed by atoms with van der Waals surface area (Å²) in [6, 6.07) is 12.0. The molecule has 0 amide bonds. The van der Waals surface area contributed by atoms with Gasteiger partial charge in [0, 0.05) is 17.3 Å². The van der Waals surface area contributed by atoms with Gasteiger partial charge < -0.3 is 14.9 Å². The number of phenols is 2. The number of hydrogen-bond acceptors (Lipinski definition) is 4. The topological polar surface area (TPSA) is 67.5 Å². The highest BCUT2D eigenvalue weighted by Gasteiger charge is 2.11. The summed E-state index contributed by atoms with van der Waals surface area (Å²) in [7, 11) is 1.62. The molecule has 0 fully saturated rings. The van der Waals surface area contributed by atoms with Gasteiger partial charge in [0.25, 0.3) is 0 Å². The van der Waals surface area contributed by atoms with Gasteiger partial charge in [0.2, 0.25) is 0 Å². The molecular weight excluding hydrogens is 268 g/mol. The highest BCUT2D eigenvalue weighted by molar-refractivity contribution is 5.69. The smallest absolute Gasteiger partial charge is 0.128 e. The molecule has 3 aromatic rings. The van der Waals surface area contributed by atoms with Crippen LogP contribution in [0.5, 0.6) is 17.2 Å². The van der Waals surface area contributed by atoms with E-state index in [1.165, 1.54) is 12.1 Å². The van der Waals surface area contributed by atoms with Gasteiger partial charge in [0.05, 0.1) is 25.3 Å². The van der Waals surface area contributed by atoms with Crippen molar-refractivity contribution in [2.24, 2.45) is 0 Å². The van der Waals surface area contributed by atoms with Crippen LogP contribution in [0.2, 0.25) is 0 Å². The van der Waals surface area contributed by atoms with Crippen LogP contribution in [0.15, 0.2) is 55.0 Å². The number of rotatable bonds is 3. The Bertz CT molecular complexity index is 763. The van der Waals surface area contributed by atoms with Gasteiger partial charge >= 0.3 is 0 Å². The van der Waals surface area contributed by atoms with Crippen molar-refractivity contribution in [3.63, 3.8) is 0 Å². The minimum atomic E-state index is 0.00487. The van der Waals surface area contributed by atoms with Crippen molar-refractivity contribution in [2.45, 2.75) is 0 Å². The first kappa shape index (κ1) is 13.1. The quantitative estimate of drug-likeness (QED) is 0.775. The van der Waals surface area contributed by atoms with E-state index in [-0.39, 0.29) is 11.5 Å². The molecule has 1 aromatic heterocycles. The number of aromatic nitrogens is 2. The Morgan fingerprint density at radius 2 is 1.81 bits per heavy atom. The molecule has 0 aliphatic carbocycles. The van der Waals surface area contributed by atoms with Gasteiger partial charge in [-0.15, -0.1) is 0 Å². The van der Waals surface area contributed by atoms with E-state index in [1.54, 1.807) is 25.7 Å². The first-order valence-corrected chi connectivity index (χ1v) is 6.38. The van der Waals surface area contributed by atoms with Crippen LogP contribution in [-0.4, -0.2) is 26.9 Å². The second-order valence-corrected chi connectivity index (χ2v) is 4.55. The van der Waals surface area contributed by atoms with E-state index in [2.05, 4.69) is 4.98 Å². The molecule has 1 heterocycles. The maximum atomic E-state index is 10.00. The van der Waals surface area contributed by atoms with Gasteiger partial charge in [-0.05, 0) is 36.4 Å². The fourth-order valence-corrected chi connectivity index (χ4v) is 2.18. The van der Waals surface area contributed by atoms with Crippen molar-refractivity contribution in [3.8, 4) is 34.2 Å². The normalized spacial score (nSPS) is 10.5. The highest BCUT2D eigenvalue weighted by Crippen LogP contribution is 2.33. The third-order valence-electron chi connectivity index (χ3n) is 3.25. The third-order valence-corrected chi connectivity index (χ3v) is 3.25. The maximum absolute atomic E-state index is 10.00. The predicted octanol–water partition coefficient (Wildman–Crippen LogP) is 2.96. The number of aromatic hydroxyl groups is 2. The summed E-state index contributed by atoms with van der Waals surface area (Å²) < 4.78 is 6.99. The minimum absolute atomic E-state index is 0.00487. The van der Waals surface area contributed by atoms with Crippen LogP contribution in [-0.2, 0) is 0 Å². The molecule has 21 heavy (non-hydrogen) atoms. The molecule has 0 radical (unpaired) electrons. The number of ether oxygens (including phenoxy) is 1. The number of nitrogens with zero attached hydrogens (tertiary/aromatic N) is 2. The zero-order chi connectivity index (χ0) is 14.8. The summed E-state index contributed by atoms with van der Waals surface area (Å²) in [4.78, 5) is 4.14. The number of benzene rings is 2. The van der Waals surface area contributed by atoms with Crippen LogP contribution >= 0.6 is 0 Å². The Morgan fingerprint density at radius 3 is 2.48 bits per heavy atom. The van der Waals surface area contributed by atoms with E-state index in [9.17, 15) is 10.2 Å². The number of phenolic OH excluding ortho intramolecular Hbond substituents is 2. The molecule has 106 valence electrons. The Morgan fingerprint density at radius 1 is 1.05 bits per heavy atom. The van der Waals surface area contributed by atoms with E-state index < -0.39 is 0 Å². The lowest BCUT2D eigenvalue weighted by Crippen LogP contribution is -1.95. The lowest BCUT2D eigenvalue weighted by Gasteiger charge is -2.10. The number of imidazole rings is 1. The Labute approximate surface area is 121 Å². The Kier molecular flexibility index (Phi) is 3.23. The van der Waals surface area contributed by atoms with Crippen molar-refractivity contribution in [3.05, 3.63) is 55.0 Å². The van der Waals surface area contributed by atoms with Gasteiger partial charge in [-0.3, -0.25) is 4.57 Å². The molecule has 0 bridgehead atoms. The predicted molar refractivity (Wildman–Crippen MR) is 78.9 cm³/mol. The van der Waals surface area contributed by atoms with Gasteiger partial charge in [0.1, 0.15) is 17.2 Å². The lowest BCUT2D eigenvalue weighted by molar-refractivity contribution is 0.414. The van der Waals surface area contributed by atoms with Gasteiger partial charge in [0.15, 0.2) is 0 Å². The Balaban J connectivity index is 2.07. The van der Waals surface area contributed by atoms with Crippen LogP contribution in [0.3, 0.4) is 0 Å². The fourth-order valence-electron chi connectivity index (χ4n) is 2.18. The molecule has 0 unspecified atom stereocenters. The van der Waals surface area contributed by atoms with Crippen molar-refractivity contribution in [2.75, 3.05) is 7.11 Å². The standard InChI is InChI=1S/C16H14N2O3/c1-21-13-5-2-11(3-6-13)18-10-17-9-15(18)14-7-4-12(19)8-16(14)20/h2-10,19-20H,1H3. The first-order valence-electron chi connectivity index (χ1n) is 6.38.